The number of hydrogen-bond acceptors (Lipinski definition) is 7. The van der Waals surface area contributed by atoms with Crippen molar-refractivity contribution in [3.8, 4) is 17.4 Å². The lowest BCUT2D eigenvalue weighted by Crippen LogP contribution is -2.02. The van der Waals surface area contributed by atoms with Crippen molar-refractivity contribution in [2.24, 2.45) is 0 Å². The van der Waals surface area contributed by atoms with Crippen LogP contribution in [0.25, 0.3) is 0 Å². The van der Waals surface area contributed by atoms with Gasteiger partial charge in [0.25, 0.3) is 0 Å². The van der Waals surface area contributed by atoms with Gasteiger partial charge in [-0.3, -0.25) is 0 Å². The Bertz CT molecular complexity index is 573. The Kier molecular flexibility index (Phi) is 3.13. The fourth-order valence-electron chi connectivity index (χ4n) is 1.30. The molecule has 0 aliphatic rings. The van der Waals surface area contributed by atoms with E-state index in [9.17, 15) is 0 Å². The average Bonchev–Trinajstić information content (AvgIpc) is 2.35. The van der Waals surface area contributed by atoms with E-state index in [2.05, 4.69) is 15.0 Å². The van der Waals surface area contributed by atoms with E-state index < -0.39 is 0 Å². The van der Waals surface area contributed by atoms with Crippen LogP contribution in [0.2, 0.25) is 0 Å². The fourth-order valence-corrected chi connectivity index (χ4v) is 1.30. The third kappa shape index (κ3) is 2.40. The Morgan fingerprint density at radius 2 is 1.89 bits per heavy atom. The molecule has 0 atom stereocenters. The monoisotopic (exact) mass is 247 g/mol. The fraction of sp³-hybridized carbons (Fsp3) is 0.182. The molecule has 2 aromatic rings. The van der Waals surface area contributed by atoms with Crippen molar-refractivity contribution in [2.75, 3.05) is 18.6 Å². The molecule has 0 fully saturated rings. The molecule has 0 unspecified atom stereocenters. The van der Waals surface area contributed by atoms with Gasteiger partial charge < -0.3 is 20.9 Å². The van der Waals surface area contributed by atoms with Gasteiger partial charge in [0, 0.05) is 17.8 Å². The van der Waals surface area contributed by atoms with Crippen LogP contribution in [0.1, 0.15) is 5.56 Å². The minimum Gasteiger partial charge on any atom is -0.481 e. The molecule has 7 nitrogen and oxygen atoms in total. The van der Waals surface area contributed by atoms with Crippen LogP contribution in [0, 0.1) is 6.92 Å². The standard InChI is InChI=1S/C11H13N5O2/c1-6-4-14-9(17-2)3-7(6)18-8-5-15-11(13)16-10(8)12/h3-5H,1-2H3,(H4,12,13,15,16). The molecule has 18 heavy (non-hydrogen) atoms. The maximum absolute atomic E-state index is 5.69. The molecular weight excluding hydrogens is 234 g/mol. The van der Waals surface area contributed by atoms with Gasteiger partial charge in [-0.2, -0.15) is 4.98 Å². The molecule has 94 valence electrons. The second kappa shape index (κ2) is 4.74. The number of hydrogen-bond donors (Lipinski definition) is 2. The first-order valence-corrected chi connectivity index (χ1v) is 5.16. The van der Waals surface area contributed by atoms with E-state index in [1.54, 1.807) is 12.3 Å². The summed E-state index contributed by atoms with van der Waals surface area (Å²) in [5.74, 6) is 1.63. The second-order valence-electron chi connectivity index (χ2n) is 3.57. The van der Waals surface area contributed by atoms with E-state index in [1.807, 2.05) is 6.92 Å². The summed E-state index contributed by atoms with van der Waals surface area (Å²) in [7, 11) is 1.53. The van der Waals surface area contributed by atoms with E-state index in [4.69, 9.17) is 20.9 Å². The predicted octanol–water partition coefficient (Wildman–Crippen LogP) is 1.15. The van der Waals surface area contributed by atoms with Crippen molar-refractivity contribution in [1.82, 2.24) is 15.0 Å². The number of nitrogens with zero attached hydrogens (tertiary/aromatic N) is 3. The summed E-state index contributed by atoms with van der Waals surface area (Å²) in [6, 6.07) is 1.66. The molecule has 2 aromatic heterocycles. The van der Waals surface area contributed by atoms with Crippen LogP contribution < -0.4 is 20.9 Å². The molecule has 0 saturated heterocycles. The average molecular weight is 247 g/mol. The highest BCUT2D eigenvalue weighted by atomic mass is 16.5. The molecule has 0 aliphatic carbocycles. The number of pyridine rings is 1. The lowest BCUT2D eigenvalue weighted by Gasteiger charge is -2.10. The van der Waals surface area contributed by atoms with E-state index >= 15 is 0 Å². The first-order chi connectivity index (χ1) is 8.60. The largest absolute Gasteiger partial charge is 0.481 e. The van der Waals surface area contributed by atoms with Crippen molar-refractivity contribution in [3.05, 3.63) is 24.0 Å². The summed E-state index contributed by atoms with van der Waals surface area (Å²) in [4.78, 5) is 11.7. The van der Waals surface area contributed by atoms with E-state index in [0.29, 0.717) is 17.4 Å². The Balaban J connectivity index is 2.33. The van der Waals surface area contributed by atoms with Gasteiger partial charge in [-0.25, -0.2) is 9.97 Å². The van der Waals surface area contributed by atoms with Crippen molar-refractivity contribution in [3.63, 3.8) is 0 Å². The second-order valence-corrected chi connectivity index (χ2v) is 3.57. The lowest BCUT2D eigenvalue weighted by atomic mass is 10.3. The number of nitrogens with two attached hydrogens (primary N) is 2. The molecule has 0 radical (unpaired) electrons. The molecule has 0 bridgehead atoms. The van der Waals surface area contributed by atoms with Crippen LogP contribution in [0.4, 0.5) is 11.8 Å². The maximum Gasteiger partial charge on any atom is 0.222 e. The maximum atomic E-state index is 5.69. The molecule has 4 N–H and O–H groups in total. The smallest absolute Gasteiger partial charge is 0.222 e. The molecule has 2 heterocycles. The quantitative estimate of drug-likeness (QED) is 0.836. The Morgan fingerprint density at radius 3 is 2.56 bits per heavy atom. The van der Waals surface area contributed by atoms with Gasteiger partial charge in [-0.05, 0) is 6.92 Å². The number of aromatic nitrogens is 3. The molecular formula is C11H13N5O2. The first-order valence-electron chi connectivity index (χ1n) is 5.16. The van der Waals surface area contributed by atoms with Crippen LogP contribution in [-0.4, -0.2) is 22.1 Å². The summed E-state index contributed by atoms with van der Waals surface area (Å²) in [6.07, 6.45) is 3.06. The Labute approximate surface area is 104 Å². The van der Waals surface area contributed by atoms with E-state index in [0.717, 1.165) is 5.56 Å². The number of nitrogen functional groups attached to an aromatic ring is 2. The highest BCUT2D eigenvalue weighted by molar-refractivity contribution is 5.50. The number of aryl methyl sites for hydroxylation is 1. The third-order valence-electron chi connectivity index (χ3n) is 2.26. The lowest BCUT2D eigenvalue weighted by molar-refractivity contribution is 0.391. The van der Waals surface area contributed by atoms with E-state index in [-0.39, 0.29) is 11.8 Å². The number of anilines is 2. The highest BCUT2D eigenvalue weighted by Gasteiger charge is 2.09. The van der Waals surface area contributed by atoms with Gasteiger partial charge in [0.05, 0.1) is 13.3 Å². The van der Waals surface area contributed by atoms with Gasteiger partial charge >= 0.3 is 0 Å². The highest BCUT2D eigenvalue weighted by Crippen LogP contribution is 2.29. The zero-order valence-corrected chi connectivity index (χ0v) is 10.0. The molecule has 0 aliphatic heterocycles. The minimum absolute atomic E-state index is 0.101. The van der Waals surface area contributed by atoms with Crippen LogP contribution in [-0.2, 0) is 0 Å². The number of rotatable bonds is 3. The number of ether oxygens (including phenoxy) is 2. The summed E-state index contributed by atoms with van der Waals surface area (Å²) in [5.41, 5.74) is 11.9. The van der Waals surface area contributed by atoms with Crippen molar-refractivity contribution in [2.45, 2.75) is 6.92 Å². The Hall–Kier alpha value is -2.57. The predicted molar refractivity (Wildman–Crippen MR) is 66.5 cm³/mol. The summed E-state index contributed by atoms with van der Waals surface area (Å²) in [6.45, 7) is 1.86. The van der Waals surface area contributed by atoms with Crippen LogP contribution in [0.3, 0.4) is 0 Å². The van der Waals surface area contributed by atoms with Gasteiger partial charge in [-0.15, -0.1) is 0 Å². The van der Waals surface area contributed by atoms with Crippen molar-refractivity contribution in [1.29, 1.82) is 0 Å². The molecule has 0 saturated carbocycles. The first kappa shape index (κ1) is 11.9. The zero-order chi connectivity index (χ0) is 13.1. The van der Waals surface area contributed by atoms with Gasteiger partial charge in [-0.1, -0.05) is 0 Å². The molecule has 7 heteroatoms. The summed E-state index contributed by atoms with van der Waals surface area (Å²) >= 11 is 0. The summed E-state index contributed by atoms with van der Waals surface area (Å²) in [5, 5.41) is 0. The van der Waals surface area contributed by atoms with Crippen molar-refractivity contribution >= 4 is 11.8 Å². The minimum atomic E-state index is 0.101. The third-order valence-corrected chi connectivity index (χ3v) is 2.26. The molecule has 2 rings (SSSR count). The van der Waals surface area contributed by atoms with E-state index in [1.165, 1.54) is 13.3 Å². The molecule has 0 aromatic carbocycles. The van der Waals surface area contributed by atoms with Crippen LogP contribution >= 0.6 is 0 Å². The van der Waals surface area contributed by atoms with Crippen molar-refractivity contribution < 1.29 is 9.47 Å². The molecule has 0 amide bonds. The Morgan fingerprint density at radius 1 is 1.11 bits per heavy atom. The summed E-state index contributed by atoms with van der Waals surface area (Å²) < 4.78 is 10.6. The van der Waals surface area contributed by atoms with Crippen LogP contribution in [0.5, 0.6) is 17.4 Å². The number of methoxy groups -OCH3 is 1. The van der Waals surface area contributed by atoms with Crippen LogP contribution in [0.15, 0.2) is 18.5 Å². The topological polar surface area (TPSA) is 109 Å². The zero-order valence-electron chi connectivity index (χ0n) is 10.0. The van der Waals surface area contributed by atoms with Gasteiger partial charge in [0.2, 0.25) is 11.8 Å². The van der Waals surface area contributed by atoms with Gasteiger partial charge in [0.15, 0.2) is 11.6 Å². The molecule has 0 spiro atoms. The normalized spacial score (nSPS) is 10.1. The SMILES string of the molecule is COc1cc(Oc2cnc(N)nc2N)c(C)cn1. The van der Waals surface area contributed by atoms with Gasteiger partial charge in [0.1, 0.15) is 5.75 Å².